The molecule has 7 rings (SSSR count). The molecular weight excluding hydrogens is 670 g/mol. The molecule has 8 heteroatoms. The lowest BCUT2D eigenvalue weighted by Crippen LogP contribution is -2.37. The second-order valence-corrected chi connectivity index (χ2v) is 13.9. The zero-order valence-corrected chi connectivity index (χ0v) is 29.1. The number of amides is 1. The van der Waals surface area contributed by atoms with Crippen molar-refractivity contribution >= 4 is 56.2 Å². The molecule has 0 spiro atoms. The van der Waals surface area contributed by atoms with Gasteiger partial charge in [0.15, 0.2) is 16.7 Å². The molecule has 0 aromatic heterocycles. The van der Waals surface area contributed by atoms with Crippen LogP contribution in [0.5, 0.6) is 11.5 Å². The van der Waals surface area contributed by atoms with Gasteiger partial charge >= 0.3 is 0 Å². The van der Waals surface area contributed by atoms with Crippen LogP contribution in [-0.4, -0.2) is 37.4 Å². The molecule has 0 saturated carbocycles. The Morgan fingerprint density at radius 3 is 2.15 bits per heavy atom. The summed E-state index contributed by atoms with van der Waals surface area (Å²) in [6.07, 6.45) is 4.90. The normalized spacial score (nSPS) is 20.3. The van der Waals surface area contributed by atoms with Crippen molar-refractivity contribution in [2.45, 2.75) is 44.9 Å². The third-order valence-corrected chi connectivity index (χ3v) is 10.5. The predicted molar refractivity (Wildman–Crippen MR) is 196 cm³/mol. The number of aliphatic imine (C=N–C) groups is 1. The number of carbonyl (C=O) groups is 1. The molecular formula is C39H38BrN3O3S. The van der Waals surface area contributed by atoms with Crippen molar-refractivity contribution in [2.75, 3.05) is 31.2 Å². The number of ether oxygens (including phenoxy) is 2. The van der Waals surface area contributed by atoms with E-state index < -0.39 is 0 Å². The van der Waals surface area contributed by atoms with Gasteiger partial charge in [0.05, 0.1) is 28.3 Å². The zero-order chi connectivity index (χ0) is 32.3. The van der Waals surface area contributed by atoms with Crippen LogP contribution in [-0.2, 0) is 4.79 Å². The topological polar surface area (TPSA) is 63.2 Å². The molecule has 4 aromatic carbocycles. The van der Waals surface area contributed by atoms with Crippen LogP contribution < -0.4 is 19.7 Å². The van der Waals surface area contributed by atoms with Gasteiger partial charge in [-0.25, -0.2) is 4.99 Å². The molecule has 0 bridgehead atoms. The molecule has 6 nitrogen and oxygen atoms in total. The Hall–Kier alpha value is -4.01. The predicted octanol–water partition coefficient (Wildman–Crippen LogP) is 9.41. The van der Waals surface area contributed by atoms with Crippen LogP contribution in [0, 0.1) is 0 Å². The highest BCUT2D eigenvalue weighted by Crippen LogP contribution is 2.50. The number of nitrogens with zero attached hydrogens (tertiary/aromatic N) is 2. The van der Waals surface area contributed by atoms with E-state index in [4.69, 9.17) is 14.5 Å². The van der Waals surface area contributed by atoms with Gasteiger partial charge in [-0.1, -0.05) is 67.6 Å². The molecule has 1 amide bonds. The Morgan fingerprint density at radius 1 is 0.915 bits per heavy atom. The van der Waals surface area contributed by atoms with Crippen LogP contribution in [0.1, 0.15) is 72.8 Å². The van der Waals surface area contributed by atoms with Gasteiger partial charge in [0, 0.05) is 30.6 Å². The van der Waals surface area contributed by atoms with Crippen LogP contribution in [0.15, 0.2) is 99.3 Å². The lowest BCUT2D eigenvalue weighted by molar-refractivity contribution is -0.115. The van der Waals surface area contributed by atoms with Gasteiger partial charge in [-0.15, -0.1) is 0 Å². The zero-order valence-electron chi connectivity index (χ0n) is 26.7. The van der Waals surface area contributed by atoms with E-state index in [9.17, 15) is 4.79 Å². The minimum absolute atomic E-state index is 0.163. The summed E-state index contributed by atoms with van der Waals surface area (Å²) in [6.45, 7) is 7.21. The number of hydrogen-bond acceptors (Lipinski definition) is 6. The van der Waals surface area contributed by atoms with Crippen LogP contribution in [0.2, 0.25) is 0 Å². The SMILES string of the molecule is CCCOc1c(Br)cc(/C=C2\SC(=Nc3cc4c5c(c3)[C@@H](c3ccccc3)CCN5CC[C@@H]4c3ccccc3)NC2=O)cc1OCC. The molecule has 1 saturated heterocycles. The Labute approximate surface area is 289 Å². The maximum atomic E-state index is 13.2. The van der Waals surface area contributed by atoms with Crippen molar-refractivity contribution in [3.8, 4) is 11.5 Å². The van der Waals surface area contributed by atoms with E-state index in [-0.39, 0.29) is 5.91 Å². The monoisotopic (exact) mass is 707 g/mol. The highest BCUT2D eigenvalue weighted by Gasteiger charge is 2.35. The number of amidine groups is 1. The van der Waals surface area contributed by atoms with E-state index in [1.807, 2.05) is 25.1 Å². The van der Waals surface area contributed by atoms with Crippen molar-refractivity contribution in [2.24, 2.45) is 4.99 Å². The number of thioether (sulfide) groups is 1. The maximum Gasteiger partial charge on any atom is 0.264 e. The molecule has 2 atom stereocenters. The average molecular weight is 709 g/mol. The first-order chi connectivity index (χ1) is 23.0. The van der Waals surface area contributed by atoms with E-state index in [1.54, 1.807) is 0 Å². The van der Waals surface area contributed by atoms with E-state index >= 15 is 0 Å². The number of carbonyl (C=O) groups excluding carboxylic acids is 1. The Morgan fingerprint density at radius 2 is 1.55 bits per heavy atom. The molecule has 3 aliphatic heterocycles. The van der Waals surface area contributed by atoms with E-state index in [2.05, 4.69) is 106 Å². The summed E-state index contributed by atoms with van der Waals surface area (Å²) in [7, 11) is 0. The maximum absolute atomic E-state index is 13.2. The second-order valence-electron chi connectivity index (χ2n) is 12.1. The molecule has 0 radical (unpaired) electrons. The van der Waals surface area contributed by atoms with E-state index in [0.717, 1.165) is 48.1 Å². The van der Waals surface area contributed by atoms with Gasteiger partial charge in [0.1, 0.15) is 0 Å². The Bertz CT molecular complexity index is 1770. The van der Waals surface area contributed by atoms with Crippen LogP contribution >= 0.6 is 27.7 Å². The lowest BCUT2D eigenvalue weighted by atomic mass is 9.76. The molecule has 1 fully saturated rings. The molecule has 240 valence electrons. The molecule has 4 aromatic rings. The van der Waals surface area contributed by atoms with E-state index in [0.29, 0.717) is 46.6 Å². The first kappa shape index (κ1) is 31.6. The highest BCUT2D eigenvalue weighted by molar-refractivity contribution is 9.10. The van der Waals surface area contributed by atoms with Crippen molar-refractivity contribution < 1.29 is 14.3 Å². The number of nitrogens with one attached hydrogen (secondary N) is 1. The molecule has 0 unspecified atom stereocenters. The quantitative estimate of drug-likeness (QED) is 0.176. The summed E-state index contributed by atoms with van der Waals surface area (Å²) in [5.41, 5.74) is 8.38. The summed E-state index contributed by atoms with van der Waals surface area (Å²) >= 11 is 5.01. The van der Waals surface area contributed by atoms with Crippen molar-refractivity contribution in [3.63, 3.8) is 0 Å². The Kier molecular flexibility index (Phi) is 9.41. The van der Waals surface area contributed by atoms with Crippen molar-refractivity contribution in [1.29, 1.82) is 0 Å². The van der Waals surface area contributed by atoms with Crippen LogP contribution in [0.25, 0.3) is 6.08 Å². The van der Waals surface area contributed by atoms with Crippen LogP contribution in [0.4, 0.5) is 11.4 Å². The fourth-order valence-electron chi connectivity index (χ4n) is 6.93. The molecule has 3 aliphatic rings. The van der Waals surface area contributed by atoms with E-state index in [1.165, 1.54) is 39.7 Å². The van der Waals surface area contributed by atoms with Crippen molar-refractivity contribution in [3.05, 3.63) is 122 Å². The molecule has 0 aliphatic carbocycles. The third-order valence-electron chi connectivity index (χ3n) is 8.96. The fourth-order valence-corrected chi connectivity index (χ4v) is 8.35. The minimum atomic E-state index is -0.163. The Balaban J connectivity index is 1.26. The fraction of sp³-hybridized carbons (Fsp3) is 0.282. The van der Waals surface area contributed by atoms with Gasteiger partial charge < -0.3 is 19.7 Å². The summed E-state index contributed by atoms with van der Waals surface area (Å²) in [5, 5.41) is 3.60. The lowest BCUT2D eigenvalue weighted by Gasteiger charge is -2.43. The van der Waals surface area contributed by atoms with Crippen molar-refractivity contribution in [1.82, 2.24) is 5.32 Å². The number of anilines is 1. The van der Waals surface area contributed by atoms with Crippen LogP contribution in [0.3, 0.4) is 0 Å². The van der Waals surface area contributed by atoms with Gasteiger partial charge in [-0.2, -0.15) is 0 Å². The summed E-state index contributed by atoms with van der Waals surface area (Å²) in [4.78, 5) is 21.4. The van der Waals surface area contributed by atoms with Gasteiger partial charge in [-0.3, -0.25) is 4.79 Å². The molecule has 3 heterocycles. The second kappa shape index (κ2) is 14.0. The minimum Gasteiger partial charge on any atom is -0.490 e. The molecule has 47 heavy (non-hydrogen) atoms. The standard InChI is InChI=1S/C39H38BrN3O3S/c1-3-19-46-37-33(40)20-25(21-34(37)45-4-2)22-35-38(44)42-39(47-35)41-28-23-31-29(26-11-7-5-8-12-26)15-17-43-18-16-30(32(24-28)36(31)43)27-13-9-6-10-14-27/h5-14,20-24,29-30H,3-4,15-19H2,1-2H3,(H,41,42,44)/b35-22-/t29-,30-/m1/s1. The largest absolute Gasteiger partial charge is 0.490 e. The summed E-state index contributed by atoms with van der Waals surface area (Å²) in [6, 6.07) is 30.0. The summed E-state index contributed by atoms with van der Waals surface area (Å²) in [5.74, 6) is 1.75. The number of hydrogen-bond donors (Lipinski definition) is 1. The highest BCUT2D eigenvalue weighted by atomic mass is 79.9. The number of halogens is 1. The first-order valence-electron chi connectivity index (χ1n) is 16.4. The van der Waals surface area contributed by atoms with Gasteiger partial charge in [0.2, 0.25) is 0 Å². The van der Waals surface area contributed by atoms with Gasteiger partial charge in [0.25, 0.3) is 5.91 Å². The smallest absolute Gasteiger partial charge is 0.264 e. The first-order valence-corrected chi connectivity index (χ1v) is 18.0. The number of rotatable bonds is 9. The summed E-state index contributed by atoms with van der Waals surface area (Å²) < 4.78 is 12.6. The number of benzene rings is 4. The van der Waals surface area contributed by atoms with Gasteiger partial charge in [-0.05, 0) is 112 Å². The average Bonchev–Trinajstić information content (AvgIpc) is 3.43. The third kappa shape index (κ3) is 6.58. The molecule has 1 N–H and O–H groups in total.